The van der Waals surface area contributed by atoms with E-state index in [2.05, 4.69) is 58.9 Å². The number of para-hydroxylation sites is 1. The van der Waals surface area contributed by atoms with Crippen molar-refractivity contribution in [3.05, 3.63) is 113 Å². The van der Waals surface area contributed by atoms with Gasteiger partial charge in [-0.05, 0) is 30.5 Å². The number of fused-ring (bicyclic) bond motifs is 1. The monoisotopic (exact) mass is 423 g/mol. The summed E-state index contributed by atoms with van der Waals surface area (Å²) in [5, 5.41) is 18.1. The van der Waals surface area contributed by atoms with E-state index in [4.69, 9.17) is 0 Å². The molecule has 0 bridgehead atoms. The van der Waals surface area contributed by atoms with E-state index < -0.39 is 6.10 Å². The summed E-state index contributed by atoms with van der Waals surface area (Å²) in [7, 11) is 0. The predicted octanol–water partition coefficient (Wildman–Crippen LogP) is 4.62. The lowest BCUT2D eigenvalue weighted by atomic mass is 9.91. The third kappa shape index (κ3) is 3.79. The number of anilines is 1. The van der Waals surface area contributed by atoms with E-state index in [-0.39, 0.29) is 11.8 Å². The van der Waals surface area contributed by atoms with Gasteiger partial charge < -0.3 is 20.7 Å². The number of hydrogen-bond acceptors (Lipinski definition) is 4. The van der Waals surface area contributed by atoms with Gasteiger partial charge in [0, 0.05) is 17.1 Å². The Hall–Kier alpha value is -3.83. The van der Waals surface area contributed by atoms with Gasteiger partial charge in [0.2, 0.25) is 5.78 Å². The third-order valence-electron chi connectivity index (χ3n) is 5.98. The molecule has 5 rings (SSSR count). The highest BCUT2D eigenvalue weighted by Gasteiger charge is 2.39. The second-order valence-corrected chi connectivity index (χ2v) is 8.23. The Bertz CT molecular complexity index is 1290. The standard InChI is InChI=1S/C27H25N3O2/c1-17-11-13-18(14-12-17)15-22(19-7-3-2-4-8-19)29-24-25(27(32)26(24)31)30-23-16-28-21-10-6-5-9-20(21)23/h2-14,16,22,27-30,32H,15H2,1H3/t22-,27?/m0/s1. The largest absolute Gasteiger partial charge is 0.378 e. The maximum absolute atomic E-state index is 12.6. The summed E-state index contributed by atoms with van der Waals surface area (Å²) in [6.45, 7) is 2.07. The quantitative estimate of drug-likeness (QED) is 0.350. The lowest BCUT2D eigenvalue weighted by Crippen LogP contribution is -2.46. The van der Waals surface area contributed by atoms with Crippen LogP contribution in [0, 0.1) is 6.92 Å². The molecule has 2 atom stereocenters. The van der Waals surface area contributed by atoms with Crippen LogP contribution in [-0.2, 0) is 11.2 Å². The second-order valence-electron chi connectivity index (χ2n) is 8.23. The highest BCUT2D eigenvalue weighted by Crippen LogP contribution is 2.31. The Labute approximate surface area is 186 Å². The smallest absolute Gasteiger partial charge is 0.215 e. The molecule has 1 unspecified atom stereocenters. The number of nitrogens with one attached hydrogen (secondary N) is 3. The van der Waals surface area contributed by atoms with Crippen LogP contribution in [0.2, 0.25) is 0 Å². The molecule has 0 spiro atoms. The zero-order chi connectivity index (χ0) is 22.1. The normalized spacial score (nSPS) is 16.7. The van der Waals surface area contributed by atoms with E-state index >= 15 is 0 Å². The molecule has 0 fully saturated rings. The summed E-state index contributed by atoms with van der Waals surface area (Å²) >= 11 is 0. The van der Waals surface area contributed by atoms with Crippen molar-refractivity contribution in [3.8, 4) is 0 Å². The molecule has 0 aliphatic heterocycles. The van der Waals surface area contributed by atoms with Crippen molar-refractivity contribution in [3.63, 3.8) is 0 Å². The maximum atomic E-state index is 12.6. The number of aryl methyl sites for hydroxylation is 1. The summed E-state index contributed by atoms with van der Waals surface area (Å²) in [5.41, 5.74) is 6.23. The van der Waals surface area contributed by atoms with E-state index in [0.717, 1.165) is 28.6 Å². The summed E-state index contributed by atoms with van der Waals surface area (Å²) in [4.78, 5) is 15.8. The molecule has 0 radical (unpaired) electrons. The number of aliphatic hydroxyl groups excluding tert-OH is 1. The SMILES string of the molecule is Cc1ccc(C[C@H](NC2=C(Nc3c[nH]c4ccccc34)C(O)C2=O)c2ccccc2)cc1. The summed E-state index contributed by atoms with van der Waals surface area (Å²) in [6.07, 6.45) is 1.42. The molecule has 1 aromatic heterocycles. The number of aromatic amines is 1. The summed E-state index contributed by atoms with van der Waals surface area (Å²) in [5.74, 6) is -0.294. The van der Waals surface area contributed by atoms with Gasteiger partial charge in [0.15, 0.2) is 6.10 Å². The minimum absolute atomic E-state index is 0.106. The van der Waals surface area contributed by atoms with Gasteiger partial charge in [-0.1, -0.05) is 78.4 Å². The van der Waals surface area contributed by atoms with E-state index in [1.807, 2.05) is 48.7 Å². The maximum Gasteiger partial charge on any atom is 0.215 e. The van der Waals surface area contributed by atoms with Crippen LogP contribution in [0.3, 0.4) is 0 Å². The Morgan fingerprint density at radius 1 is 0.969 bits per heavy atom. The topological polar surface area (TPSA) is 77.2 Å². The molecular formula is C27H25N3O2. The van der Waals surface area contributed by atoms with Gasteiger partial charge in [0.25, 0.3) is 0 Å². The van der Waals surface area contributed by atoms with Crippen molar-refractivity contribution in [2.75, 3.05) is 5.32 Å². The third-order valence-corrected chi connectivity index (χ3v) is 5.98. The number of H-pyrrole nitrogens is 1. The number of carbonyl (C=O) groups is 1. The summed E-state index contributed by atoms with van der Waals surface area (Å²) in [6, 6.07) is 26.3. The van der Waals surface area contributed by atoms with Crippen molar-refractivity contribution < 1.29 is 9.90 Å². The van der Waals surface area contributed by atoms with Crippen LogP contribution in [0.4, 0.5) is 5.69 Å². The fourth-order valence-corrected chi connectivity index (χ4v) is 4.13. The number of carbonyl (C=O) groups excluding carboxylic acids is 1. The number of Topliss-reactive ketones (excluding diaryl/α,β-unsaturated/α-hetero) is 1. The molecule has 32 heavy (non-hydrogen) atoms. The van der Waals surface area contributed by atoms with Gasteiger partial charge in [-0.25, -0.2) is 0 Å². The van der Waals surface area contributed by atoms with Crippen LogP contribution in [0.25, 0.3) is 10.9 Å². The molecule has 1 aliphatic carbocycles. The number of aromatic nitrogens is 1. The van der Waals surface area contributed by atoms with Crippen LogP contribution in [0.1, 0.15) is 22.7 Å². The molecule has 4 N–H and O–H groups in total. The Balaban J connectivity index is 1.46. The molecule has 0 saturated heterocycles. The molecule has 4 aromatic rings. The zero-order valence-electron chi connectivity index (χ0n) is 17.8. The van der Waals surface area contributed by atoms with Crippen molar-refractivity contribution in [1.29, 1.82) is 0 Å². The molecule has 1 aliphatic rings. The van der Waals surface area contributed by atoms with Crippen molar-refractivity contribution in [2.45, 2.75) is 25.5 Å². The molecule has 160 valence electrons. The fourth-order valence-electron chi connectivity index (χ4n) is 4.13. The Morgan fingerprint density at radius 2 is 1.69 bits per heavy atom. The van der Waals surface area contributed by atoms with Crippen LogP contribution in [-0.4, -0.2) is 22.0 Å². The van der Waals surface area contributed by atoms with E-state index in [1.54, 1.807) is 0 Å². The molecule has 3 aromatic carbocycles. The second kappa shape index (κ2) is 8.36. The van der Waals surface area contributed by atoms with Crippen molar-refractivity contribution in [2.24, 2.45) is 0 Å². The zero-order valence-corrected chi connectivity index (χ0v) is 17.8. The van der Waals surface area contributed by atoms with Crippen molar-refractivity contribution >= 4 is 22.4 Å². The van der Waals surface area contributed by atoms with Crippen LogP contribution in [0.5, 0.6) is 0 Å². The first kappa shape index (κ1) is 20.1. The number of ketones is 1. The van der Waals surface area contributed by atoms with Crippen molar-refractivity contribution in [1.82, 2.24) is 10.3 Å². The van der Waals surface area contributed by atoms with E-state index in [1.165, 1.54) is 11.1 Å². The van der Waals surface area contributed by atoms with Gasteiger partial charge in [-0.2, -0.15) is 0 Å². The minimum atomic E-state index is -1.15. The number of hydrogen-bond donors (Lipinski definition) is 4. The minimum Gasteiger partial charge on any atom is -0.378 e. The van der Waals surface area contributed by atoms with Gasteiger partial charge in [0.05, 0.1) is 17.4 Å². The molecular weight excluding hydrogens is 398 g/mol. The van der Waals surface area contributed by atoms with Gasteiger partial charge >= 0.3 is 0 Å². The first-order valence-electron chi connectivity index (χ1n) is 10.8. The van der Waals surface area contributed by atoms with Gasteiger partial charge in [0.1, 0.15) is 5.70 Å². The molecule has 0 amide bonds. The van der Waals surface area contributed by atoms with Crippen LogP contribution < -0.4 is 10.6 Å². The number of aliphatic hydroxyl groups is 1. The predicted molar refractivity (Wildman–Crippen MR) is 127 cm³/mol. The molecule has 0 saturated carbocycles. The molecule has 5 nitrogen and oxygen atoms in total. The van der Waals surface area contributed by atoms with E-state index in [9.17, 15) is 9.90 Å². The Kier molecular flexibility index (Phi) is 5.25. The van der Waals surface area contributed by atoms with Gasteiger partial charge in [-0.15, -0.1) is 0 Å². The van der Waals surface area contributed by atoms with Crippen LogP contribution >= 0.6 is 0 Å². The van der Waals surface area contributed by atoms with Crippen LogP contribution in [0.15, 0.2) is 96.5 Å². The number of rotatable bonds is 7. The Morgan fingerprint density at radius 3 is 2.47 bits per heavy atom. The lowest BCUT2D eigenvalue weighted by Gasteiger charge is -2.32. The average Bonchev–Trinajstić information content (AvgIpc) is 3.25. The fraction of sp³-hybridized carbons (Fsp3) is 0.148. The van der Waals surface area contributed by atoms with Gasteiger partial charge in [-0.3, -0.25) is 4.79 Å². The highest BCUT2D eigenvalue weighted by atomic mass is 16.3. The van der Waals surface area contributed by atoms with E-state index in [0.29, 0.717) is 11.4 Å². The first-order chi connectivity index (χ1) is 15.6. The highest BCUT2D eigenvalue weighted by molar-refractivity contribution is 6.09. The average molecular weight is 424 g/mol. The molecule has 5 heteroatoms. The molecule has 1 heterocycles. The number of benzene rings is 3. The lowest BCUT2D eigenvalue weighted by molar-refractivity contribution is -0.125. The summed E-state index contributed by atoms with van der Waals surface area (Å²) < 4.78 is 0. The first-order valence-corrected chi connectivity index (χ1v) is 10.8.